The summed E-state index contributed by atoms with van der Waals surface area (Å²) < 4.78 is 53.1. The van der Waals surface area contributed by atoms with Gasteiger partial charge < -0.3 is 5.32 Å². The normalized spacial score (nSPS) is 16.4. The molecular weight excluding hydrogens is 386 g/mol. The summed E-state index contributed by atoms with van der Waals surface area (Å²) >= 11 is 0. The van der Waals surface area contributed by atoms with Crippen molar-refractivity contribution in [3.8, 4) is 0 Å². The summed E-state index contributed by atoms with van der Waals surface area (Å²) in [6.45, 7) is 0.371. The molecule has 3 rings (SSSR count). The van der Waals surface area contributed by atoms with Crippen LogP contribution in [0.15, 0.2) is 53.9 Å². The van der Waals surface area contributed by atoms with E-state index in [9.17, 15) is 22.0 Å². The molecule has 0 bridgehead atoms. The minimum Gasteiger partial charge on any atom is -0.323 e. The highest BCUT2D eigenvalue weighted by atomic mass is 32.2. The summed E-state index contributed by atoms with van der Waals surface area (Å²) in [6.07, 6.45) is 2.14. The molecule has 1 aliphatic heterocycles. The average Bonchev–Trinajstić information content (AvgIpc) is 2.70. The molecular formula is C20H20F2N2O3S. The molecule has 1 amide bonds. The molecule has 1 saturated heterocycles. The molecule has 0 unspecified atom stereocenters. The maximum Gasteiger partial charge on any atom is 0.236 e. The lowest BCUT2D eigenvalue weighted by Gasteiger charge is -2.29. The maximum atomic E-state index is 13.7. The number of hydrogen-bond acceptors (Lipinski definition) is 3. The van der Waals surface area contributed by atoms with Crippen molar-refractivity contribution in [1.82, 2.24) is 4.31 Å². The lowest BCUT2D eigenvalue weighted by atomic mass is 9.97. The predicted molar refractivity (Wildman–Crippen MR) is 104 cm³/mol. The Morgan fingerprint density at radius 3 is 2.43 bits per heavy atom. The molecule has 1 fully saturated rings. The van der Waals surface area contributed by atoms with Crippen LogP contribution < -0.4 is 5.32 Å². The van der Waals surface area contributed by atoms with Crippen LogP contribution in [0.5, 0.6) is 0 Å². The van der Waals surface area contributed by atoms with E-state index in [0.717, 1.165) is 29.2 Å². The molecule has 0 atom stereocenters. The predicted octanol–water partition coefficient (Wildman–Crippen LogP) is 3.62. The van der Waals surface area contributed by atoms with Gasteiger partial charge in [0, 0.05) is 30.5 Å². The SMILES string of the molecule is O=C(Nc1cc(F)ccc1F)C1CCN(S(=O)(=O)/C=C/c2ccccc2)CC1. The van der Waals surface area contributed by atoms with Crippen molar-refractivity contribution >= 4 is 27.7 Å². The van der Waals surface area contributed by atoms with Crippen LogP contribution in [0.2, 0.25) is 0 Å². The molecule has 0 saturated carbocycles. The number of hydrogen-bond donors (Lipinski definition) is 1. The van der Waals surface area contributed by atoms with Gasteiger partial charge in [-0.25, -0.2) is 17.2 Å². The molecule has 1 aliphatic rings. The Balaban J connectivity index is 1.58. The topological polar surface area (TPSA) is 66.5 Å². The second kappa shape index (κ2) is 8.62. The van der Waals surface area contributed by atoms with E-state index in [4.69, 9.17) is 0 Å². The second-order valence-electron chi connectivity index (χ2n) is 6.55. The summed E-state index contributed by atoms with van der Waals surface area (Å²) in [5.41, 5.74) is 0.559. The van der Waals surface area contributed by atoms with Crippen molar-refractivity contribution < 1.29 is 22.0 Å². The highest BCUT2D eigenvalue weighted by Gasteiger charge is 2.30. The third kappa shape index (κ3) is 5.02. The van der Waals surface area contributed by atoms with Gasteiger partial charge in [0.1, 0.15) is 11.6 Å². The molecule has 0 spiro atoms. The monoisotopic (exact) mass is 406 g/mol. The molecule has 148 valence electrons. The van der Waals surface area contributed by atoms with E-state index in [2.05, 4.69) is 5.32 Å². The van der Waals surface area contributed by atoms with E-state index in [1.165, 1.54) is 10.4 Å². The lowest BCUT2D eigenvalue weighted by molar-refractivity contribution is -0.120. The number of halogens is 2. The van der Waals surface area contributed by atoms with Gasteiger partial charge >= 0.3 is 0 Å². The Hall–Kier alpha value is -2.58. The Bertz CT molecular complexity index is 970. The Morgan fingerprint density at radius 1 is 1.07 bits per heavy atom. The van der Waals surface area contributed by atoms with Crippen molar-refractivity contribution in [2.24, 2.45) is 5.92 Å². The van der Waals surface area contributed by atoms with Crippen LogP contribution in [-0.4, -0.2) is 31.7 Å². The molecule has 1 N–H and O–H groups in total. The maximum absolute atomic E-state index is 13.7. The fraction of sp³-hybridized carbons (Fsp3) is 0.250. The first-order valence-electron chi connectivity index (χ1n) is 8.84. The standard InChI is InChI=1S/C20H20F2N2O3S/c21-17-6-7-18(22)19(14-17)23-20(25)16-8-11-24(12-9-16)28(26,27)13-10-15-4-2-1-3-5-15/h1-7,10,13-14,16H,8-9,11-12H2,(H,23,25)/b13-10+. The smallest absolute Gasteiger partial charge is 0.236 e. The number of nitrogens with one attached hydrogen (secondary N) is 1. The van der Waals surface area contributed by atoms with Crippen LogP contribution in [0.1, 0.15) is 18.4 Å². The molecule has 2 aromatic rings. The molecule has 1 heterocycles. The van der Waals surface area contributed by atoms with Gasteiger partial charge in [-0.05, 0) is 36.6 Å². The molecule has 0 radical (unpaired) electrons. The lowest BCUT2D eigenvalue weighted by Crippen LogP contribution is -2.40. The number of carbonyl (C=O) groups is 1. The minimum atomic E-state index is -3.59. The zero-order valence-corrected chi connectivity index (χ0v) is 15.8. The van der Waals surface area contributed by atoms with Gasteiger partial charge in [-0.1, -0.05) is 30.3 Å². The van der Waals surface area contributed by atoms with E-state index >= 15 is 0 Å². The van der Waals surface area contributed by atoms with Crippen molar-refractivity contribution in [2.45, 2.75) is 12.8 Å². The van der Waals surface area contributed by atoms with Crippen molar-refractivity contribution in [2.75, 3.05) is 18.4 Å². The first kappa shape index (κ1) is 20.2. The molecule has 0 aromatic heterocycles. The minimum absolute atomic E-state index is 0.186. The second-order valence-corrected chi connectivity index (χ2v) is 8.36. The summed E-state index contributed by atoms with van der Waals surface area (Å²) in [5, 5.41) is 3.54. The van der Waals surface area contributed by atoms with Crippen LogP contribution in [0.4, 0.5) is 14.5 Å². The summed E-state index contributed by atoms with van der Waals surface area (Å²) in [5.74, 6) is -2.28. The van der Waals surface area contributed by atoms with Crippen LogP contribution in [-0.2, 0) is 14.8 Å². The zero-order valence-electron chi connectivity index (χ0n) is 15.0. The van der Waals surface area contributed by atoms with Gasteiger partial charge in [0.2, 0.25) is 15.9 Å². The zero-order chi connectivity index (χ0) is 20.1. The van der Waals surface area contributed by atoms with E-state index in [0.29, 0.717) is 12.8 Å². The first-order chi connectivity index (χ1) is 13.3. The fourth-order valence-electron chi connectivity index (χ4n) is 3.02. The van der Waals surface area contributed by atoms with Gasteiger partial charge in [0.05, 0.1) is 5.69 Å². The molecule has 5 nitrogen and oxygen atoms in total. The molecule has 0 aliphatic carbocycles. The van der Waals surface area contributed by atoms with Gasteiger partial charge in [0.15, 0.2) is 0 Å². The van der Waals surface area contributed by atoms with E-state index < -0.39 is 33.5 Å². The fourth-order valence-corrected chi connectivity index (χ4v) is 4.24. The molecule has 8 heteroatoms. The third-order valence-corrected chi connectivity index (χ3v) is 6.17. The Labute approximate surface area is 162 Å². The Morgan fingerprint density at radius 2 is 1.75 bits per heavy atom. The number of nitrogens with zero attached hydrogens (tertiary/aromatic N) is 1. The van der Waals surface area contributed by atoms with Crippen molar-refractivity contribution in [3.63, 3.8) is 0 Å². The van der Waals surface area contributed by atoms with Crippen LogP contribution in [0.3, 0.4) is 0 Å². The highest BCUT2D eigenvalue weighted by Crippen LogP contribution is 2.23. The number of anilines is 1. The van der Waals surface area contributed by atoms with E-state index in [1.54, 1.807) is 12.1 Å². The summed E-state index contributed by atoms with van der Waals surface area (Å²) in [7, 11) is -3.59. The molecule has 28 heavy (non-hydrogen) atoms. The average molecular weight is 406 g/mol. The van der Waals surface area contributed by atoms with Crippen molar-refractivity contribution in [3.05, 3.63) is 71.1 Å². The number of amides is 1. The van der Waals surface area contributed by atoms with Crippen LogP contribution >= 0.6 is 0 Å². The number of benzene rings is 2. The van der Waals surface area contributed by atoms with Crippen molar-refractivity contribution in [1.29, 1.82) is 0 Å². The third-order valence-electron chi connectivity index (χ3n) is 4.60. The number of piperidine rings is 1. The van der Waals surface area contributed by atoms with Gasteiger partial charge in [-0.15, -0.1) is 0 Å². The first-order valence-corrected chi connectivity index (χ1v) is 10.3. The molecule has 2 aromatic carbocycles. The van der Waals surface area contributed by atoms with Gasteiger partial charge in [-0.2, -0.15) is 4.31 Å². The van der Waals surface area contributed by atoms with E-state index in [1.807, 2.05) is 18.2 Å². The Kier molecular flexibility index (Phi) is 6.21. The number of rotatable bonds is 5. The largest absolute Gasteiger partial charge is 0.323 e. The van der Waals surface area contributed by atoms with Gasteiger partial charge in [0.25, 0.3) is 0 Å². The highest BCUT2D eigenvalue weighted by molar-refractivity contribution is 7.92. The van der Waals surface area contributed by atoms with E-state index in [-0.39, 0.29) is 18.8 Å². The quantitative estimate of drug-likeness (QED) is 0.825. The summed E-state index contributed by atoms with van der Waals surface area (Å²) in [4.78, 5) is 12.3. The van der Waals surface area contributed by atoms with Gasteiger partial charge in [-0.3, -0.25) is 4.79 Å². The number of sulfonamides is 1. The van der Waals surface area contributed by atoms with Crippen LogP contribution in [0, 0.1) is 17.6 Å². The van der Waals surface area contributed by atoms with Crippen LogP contribution in [0.25, 0.3) is 6.08 Å². The number of carbonyl (C=O) groups excluding carboxylic acids is 1. The summed E-state index contributed by atoms with van der Waals surface area (Å²) in [6, 6.07) is 11.9.